The molecule has 1 aliphatic heterocycles. The van der Waals surface area contributed by atoms with Gasteiger partial charge in [0, 0.05) is 24.7 Å². The molecule has 8 heteroatoms. The van der Waals surface area contributed by atoms with Crippen LogP contribution in [0, 0.1) is 18.7 Å². The normalized spacial score (nSPS) is 22.7. The highest BCUT2D eigenvalue weighted by Crippen LogP contribution is 2.41. The van der Waals surface area contributed by atoms with E-state index in [1.807, 2.05) is 0 Å². The Morgan fingerprint density at radius 2 is 2.11 bits per heavy atom. The van der Waals surface area contributed by atoms with Crippen molar-refractivity contribution >= 4 is 11.9 Å². The van der Waals surface area contributed by atoms with Crippen molar-refractivity contribution in [3.8, 4) is 0 Å². The molecule has 27 heavy (non-hydrogen) atoms. The standard InChI is InChI=1S/C19H22FN3O4/c1-11-8-12(21-27-11)10-22(2)18(24)14-9-16(19(25)26)23(3)17(14)13-6-4-5-7-15(13)20/h4-8,14,16-17H,9-10H2,1-3H3,(H,25,26)/t14-,16-,17-/m0/s1. The number of aliphatic carboxylic acids is 1. The second-order valence-corrected chi connectivity index (χ2v) is 6.95. The van der Waals surface area contributed by atoms with Crippen LogP contribution in [0.3, 0.4) is 0 Å². The maximum Gasteiger partial charge on any atom is 0.320 e. The molecular weight excluding hydrogens is 353 g/mol. The fourth-order valence-electron chi connectivity index (χ4n) is 3.77. The van der Waals surface area contributed by atoms with Crippen LogP contribution in [0.25, 0.3) is 0 Å². The number of carboxylic acid groups (broad SMARTS) is 1. The number of benzene rings is 1. The van der Waals surface area contributed by atoms with Gasteiger partial charge in [-0.2, -0.15) is 0 Å². The molecule has 0 spiro atoms. The molecule has 1 aromatic carbocycles. The molecule has 1 saturated heterocycles. The zero-order valence-electron chi connectivity index (χ0n) is 15.4. The maximum absolute atomic E-state index is 14.4. The Labute approximate surface area is 156 Å². The van der Waals surface area contributed by atoms with Gasteiger partial charge in [-0.15, -0.1) is 0 Å². The van der Waals surface area contributed by atoms with Crippen molar-refractivity contribution in [2.75, 3.05) is 14.1 Å². The van der Waals surface area contributed by atoms with Gasteiger partial charge in [-0.25, -0.2) is 4.39 Å². The van der Waals surface area contributed by atoms with Gasteiger partial charge in [0.1, 0.15) is 23.3 Å². The van der Waals surface area contributed by atoms with E-state index in [9.17, 15) is 19.1 Å². The molecular formula is C19H22FN3O4. The molecule has 7 nitrogen and oxygen atoms in total. The fraction of sp³-hybridized carbons (Fsp3) is 0.421. The van der Waals surface area contributed by atoms with Crippen molar-refractivity contribution in [3.05, 3.63) is 53.2 Å². The third kappa shape index (κ3) is 3.71. The monoisotopic (exact) mass is 375 g/mol. The maximum atomic E-state index is 14.4. The van der Waals surface area contributed by atoms with Gasteiger partial charge in [-0.3, -0.25) is 14.5 Å². The van der Waals surface area contributed by atoms with E-state index in [1.165, 1.54) is 11.0 Å². The Balaban J connectivity index is 1.89. The van der Waals surface area contributed by atoms with Crippen molar-refractivity contribution in [1.29, 1.82) is 0 Å². The quantitative estimate of drug-likeness (QED) is 0.862. The molecule has 1 N–H and O–H groups in total. The molecule has 0 aliphatic carbocycles. The van der Waals surface area contributed by atoms with Crippen LogP contribution in [0.4, 0.5) is 4.39 Å². The highest BCUT2D eigenvalue weighted by Gasteiger charge is 2.48. The highest BCUT2D eigenvalue weighted by atomic mass is 19.1. The van der Waals surface area contributed by atoms with Gasteiger partial charge < -0.3 is 14.5 Å². The van der Waals surface area contributed by atoms with E-state index in [0.717, 1.165) is 0 Å². The summed E-state index contributed by atoms with van der Waals surface area (Å²) in [6.45, 7) is 1.99. The lowest BCUT2D eigenvalue weighted by Gasteiger charge is -2.28. The van der Waals surface area contributed by atoms with Crippen molar-refractivity contribution in [3.63, 3.8) is 0 Å². The first kappa shape index (κ1) is 19.0. The number of carbonyl (C=O) groups is 2. The number of amides is 1. The summed E-state index contributed by atoms with van der Waals surface area (Å²) < 4.78 is 19.4. The number of hydrogen-bond acceptors (Lipinski definition) is 5. The molecule has 3 rings (SSSR count). The van der Waals surface area contributed by atoms with Crippen LogP contribution < -0.4 is 0 Å². The number of nitrogens with zero attached hydrogens (tertiary/aromatic N) is 3. The molecule has 0 unspecified atom stereocenters. The van der Waals surface area contributed by atoms with Crippen LogP contribution in [0.2, 0.25) is 0 Å². The first-order valence-electron chi connectivity index (χ1n) is 8.66. The van der Waals surface area contributed by atoms with Gasteiger partial charge in [0.25, 0.3) is 0 Å². The molecule has 1 amide bonds. The van der Waals surface area contributed by atoms with Gasteiger partial charge in [0.2, 0.25) is 5.91 Å². The van der Waals surface area contributed by atoms with Gasteiger partial charge >= 0.3 is 5.97 Å². The summed E-state index contributed by atoms with van der Waals surface area (Å²) >= 11 is 0. The van der Waals surface area contributed by atoms with Gasteiger partial charge in [-0.1, -0.05) is 23.4 Å². The number of likely N-dealkylation sites (N-methyl/N-ethyl adjacent to an activating group) is 1. The third-order valence-corrected chi connectivity index (χ3v) is 5.07. The van der Waals surface area contributed by atoms with Crippen molar-refractivity contribution in [1.82, 2.24) is 15.0 Å². The lowest BCUT2D eigenvalue weighted by atomic mass is 9.91. The summed E-state index contributed by atoms with van der Waals surface area (Å²) in [5.74, 6) is -1.76. The van der Waals surface area contributed by atoms with Gasteiger partial charge in [-0.05, 0) is 26.5 Å². The number of hydrogen-bond donors (Lipinski definition) is 1. The molecule has 2 aromatic rings. The fourth-order valence-corrected chi connectivity index (χ4v) is 3.77. The van der Waals surface area contributed by atoms with Crippen LogP contribution in [0.1, 0.15) is 29.5 Å². The summed E-state index contributed by atoms with van der Waals surface area (Å²) in [5.41, 5.74) is 0.930. The summed E-state index contributed by atoms with van der Waals surface area (Å²) in [6, 6.07) is 6.40. The van der Waals surface area contributed by atoms with Gasteiger partial charge in [0.05, 0.1) is 12.5 Å². The summed E-state index contributed by atoms with van der Waals surface area (Å²) in [6.07, 6.45) is 0.117. The smallest absolute Gasteiger partial charge is 0.320 e. The lowest BCUT2D eigenvalue weighted by molar-refractivity contribution is -0.142. The minimum atomic E-state index is -1.02. The summed E-state index contributed by atoms with van der Waals surface area (Å²) in [7, 11) is 3.24. The van der Waals surface area contributed by atoms with Crippen LogP contribution in [-0.4, -0.2) is 52.1 Å². The van der Waals surface area contributed by atoms with Crippen LogP contribution in [0.15, 0.2) is 34.9 Å². The molecule has 144 valence electrons. The second-order valence-electron chi connectivity index (χ2n) is 6.95. The Morgan fingerprint density at radius 1 is 1.41 bits per heavy atom. The molecule has 0 bridgehead atoms. The highest BCUT2D eigenvalue weighted by molar-refractivity contribution is 5.83. The Morgan fingerprint density at radius 3 is 2.70 bits per heavy atom. The predicted octanol–water partition coefficient (Wildman–Crippen LogP) is 2.23. The average molecular weight is 375 g/mol. The van der Waals surface area contributed by atoms with E-state index in [-0.39, 0.29) is 18.9 Å². The zero-order valence-corrected chi connectivity index (χ0v) is 15.4. The molecule has 1 fully saturated rings. The van der Waals surface area contributed by atoms with E-state index >= 15 is 0 Å². The molecule has 0 saturated carbocycles. The Kier molecular flexibility index (Phi) is 5.27. The number of carbonyl (C=O) groups excluding carboxylic acids is 1. The third-order valence-electron chi connectivity index (χ3n) is 5.07. The van der Waals surface area contributed by atoms with E-state index in [1.54, 1.807) is 50.2 Å². The molecule has 1 aromatic heterocycles. The van der Waals surface area contributed by atoms with Crippen LogP contribution in [-0.2, 0) is 16.1 Å². The van der Waals surface area contributed by atoms with E-state index in [0.29, 0.717) is 17.0 Å². The minimum absolute atomic E-state index is 0.117. The molecule has 1 aliphatic rings. The zero-order chi connectivity index (χ0) is 19.7. The number of aryl methyl sites for hydroxylation is 1. The number of aromatic nitrogens is 1. The lowest BCUT2D eigenvalue weighted by Crippen LogP contribution is -2.37. The number of likely N-dealkylation sites (tertiary alicyclic amines) is 1. The topological polar surface area (TPSA) is 86.9 Å². The Bertz CT molecular complexity index is 853. The second kappa shape index (κ2) is 7.48. The minimum Gasteiger partial charge on any atom is -0.480 e. The van der Waals surface area contributed by atoms with Crippen LogP contribution in [0.5, 0.6) is 0 Å². The molecule has 0 radical (unpaired) electrons. The number of carboxylic acids is 1. The first-order chi connectivity index (χ1) is 12.8. The Hall–Kier alpha value is -2.74. The van der Waals surface area contributed by atoms with E-state index < -0.39 is 29.8 Å². The van der Waals surface area contributed by atoms with E-state index in [4.69, 9.17) is 4.52 Å². The van der Waals surface area contributed by atoms with E-state index in [2.05, 4.69) is 5.16 Å². The van der Waals surface area contributed by atoms with Crippen molar-refractivity contribution in [2.24, 2.45) is 5.92 Å². The molecule has 2 heterocycles. The summed E-state index contributed by atoms with van der Waals surface area (Å²) in [5, 5.41) is 13.4. The SMILES string of the molecule is Cc1cc(CN(C)C(=O)[C@H]2C[C@@H](C(=O)O)N(C)[C@H]2c2ccccc2F)no1. The predicted molar refractivity (Wildman–Crippen MR) is 94.1 cm³/mol. The largest absolute Gasteiger partial charge is 0.480 e. The van der Waals surface area contributed by atoms with Gasteiger partial charge in [0.15, 0.2) is 0 Å². The summed E-state index contributed by atoms with van der Waals surface area (Å²) in [4.78, 5) is 27.8. The average Bonchev–Trinajstić information content (AvgIpc) is 3.18. The van der Waals surface area contributed by atoms with Crippen molar-refractivity contribution in [2.45, 2.75) is 32.0 Å². The van der Waals surface area contributed by atoms with Crippen molar-refractivity contribution < 1.29 is 23.6 Å². The number of rotatable bonds is 5. The van der Waals surface area contributed by atoms with Crippen LogP contribution >= 0.6 is 0 Å². The first-order valence-corrected chi connectivity index (χ1v) is 8.66. The number of halogens is 1. The molecule has 3 atom stereocenters.